The topological polar surface area (TPSA) is 91.9 Å². The number of rotatable bonds is 10. The zero-order valence-corrected chi connectivity index (χ0v) is 10.7. The van der Waals surface area contributed by atoms with Gasteiger partial charge in [-0.1, -0.05) is 0 Å². The van der Waals surface area contributed by atoms with Crippen LogP contribution in [0.15, 0.2) is 6.33 Å². The number of aromatic amines is 1. The highest BCUT2D eigenvalue weighted by atomic mass is 16.5. The molecular weight excluding hydrogens is 234 g/mol. The second kappa shape index (κ2) is 9.55. The van der Waals surface area contributed by atoms with Gasteiger partial charge in [-0.25, -0.2) is 4.98 Å². The molecule has 0 bridgehead atoms. The zero-order valence-electron chi connectivity index (χ0n) is 10.7. The molecule has 7 nitrogen and oxygen atoms in total. The zero-order chi connectivity index (χ0) is 13.1. The molecule has 1 aromatic rings. The fraction of sp³-hybridized carbons (Fsp3) is 0.727. The number of nitrogens with zero attached hydrogens (tertiary/aromatic N) is 2. The van der Waals surface area contributed by atoms with Gasteiger partial charge >= 0.3 is 0 Å². The minimum absolute atomic E-state index is 0.0609. The number of nitrogens with one attached hydrogen (secondary N) is 3. The molecule has 0 aliphatic heterocycles. The van der Waals surface area contributed by atoms with E-state index in [0.717, 1.165) is 25.2 Å². The molecule has 0 atom stereocenters. The Morgan fingerprint density at radius 1 is 1.44 bits per heavy atom. The molecule has 7 heteroatoms. The smallest absolute Gasteiger partial charge is 0.221 e. The van der Waals surface area contributed by atoms with Crippen LogP contribution in [0.25, 0.3) is 0 Å². The average Bonchev–Trinajstić information content (AvgIpc) is 2.89. The Morgan fingerprint density at radius 3 is 3.06 bits per heavy atom. The summed E-state index contributed by atoms with van der Waals surface area (Å²) in [5.74, 6) is 0.907. The largest absolute Gasteiger partial charge is 0.381 e. The van der Waals surface area contributed by atoms with Crippen molar-refractivity contribution in [2.75, 3.05) is 33.4 Å². The molecule has 0 radical (unpaired) electrons. The van der Waals surface area contributed by atoms with Crippen molar-refractivity contribution in [1.29, 1.82) is 0 Å². The molecule has 1 aromatic heterocycles. The van der Waals surface area contributed by atoms with E-state index in [1.54, 1.807) is 7.05 Å². The minimum Gasteiger partial charge on any atom is -0.381 e. The Hall–Kier alpha value is -1.47. The maximum Gasteiger partial charge on any atom is 0.221 e. The van der Waals surface area contributed by atoms with Crippen molar-refractivity contribution in [1.82, 2.24) is 25.8 Å². The number of ether oxygens (including phenoxy) is 1. The summed E-state index contributed by atoms with van der Waals surface area (Å²) in [4.78, 5) is 14.9. The van der Waals surface area contributed by atoms with Gasteiger partial charge in [0.1, 0.15) is 12.2 Å². The summed E-state index contributed by atoms with van der Waals surface area (Å²) in [6.45, 7) is 2.92. The summed E-state index contributed by atoms with van der Waals surface area (Å²) < 4.78 is 5.45. The maximum atomic E-state index is 10.9. The Labute approximate surface area is 107 Å². The van der Waals surface area contributed by atoms with E-state index in [9.17, 15) is 4.79 Å². The molecule has 1 heterocycles. The summed E-state index contributed by atoms with van der Waals surface area (Å²) in [5, 5.41) is 12.3. The summed E-state index contributed by atoms with van der Waals surface area (Å²) in [6, 6.07) is 0. The monoisotopic (exact) mass is 255 g/mol. The summed E-state index contributed by atoms with van der Waals surface area (Å²) in [6.07, 6.45) is 3.70. The third-order valence-corrected chi connectivity index (χ3v) is 2.40. The van der Waals surface area contributed by atoms with E-state index < -0.39 is 0 Å². The first-order valence-corrected chi connectivity index (χ1v) is 6.16. The highest BCUT2D eigenvalue weighted by Crippen LogP contribution is 1.89. The highest BCUT2D eigenvalue weighted by Gasteiger charge is 1.97. The first-order chi connectivity index (χ1) is 8.83. The van der Waals surface area contributed by atoms with E-state index in [1.165, 1.54) is 6.33 Å². The molecule has 0 spiro atoms. The van der Waals surface area contributed by atoms with Gasteiger partial charge in [0.15, 0.2) is 0 Å². The van der Waals surface area contributed by atoms with Crippen molar-refractivity contribution >= 4 is 5.91 Å². The normalized spacial score (nSPS) is 10.5. The average molecular weight is 255 g/mol. The molecule has 0 saturated heterocycles. The van der Waals surface area contributed by atoms with Crippen LogP contribution in [0.4, 0.5) is 0 Å². The van der Waals surface area contributed by atoms with Crippen LogP contribution in [0, 0.1) is 0 Å². The molecule has 0 fully saturated rings. The summed E-state index contributed by atoms with van der Waals surface area (Å²) in [5.41, 5.74) is 0. The first-order valence-electron chi connectivity index (χ1n) is 6.16. The SMILES string of the molecule is CNC(=O)CCNCCCOCCc1ncn[nH]1. The van der Waals surface area contributed by atoms with Crippen LogP contribution in [-0.2, 0) is 16.0 Å². The van der Waals surface area contributed by atoms with Crippen molar-refractivity contribution in [2.45, 2.75) is 19.3 Å². The van der Waals surface area contributed by atoms with E-state index >= 15 is 0 Å². The Kier molecular flexibility index (Phi) is 7.74. The highest BCUT2D eigenvalue weighted by molar-refractivity contribution is 5.75. The molecule has 3 N–H and O–H groups in total. The van der Waals surface area contributed by atoms with Crippen molar-refractivity contribution in [3.05, 3.63) is 12.2 Å². The van der Waals surface area contributed by atoms with Crippen molar-refractivity contribution < 1.29 is 9.53 Å². The van der Waals surface area contributed by atoms with Gasteiger partial charge < -0.3 is 15.4 Å². The quantitative estimate of drug-likeness (QED) is 0.489. The summed E-state index contributed by atoms with van der Waals surface area (Å²) in [7, 11) is 1.64. The van der Waals surface area contributed by atoms with Gasteiger partial charge in [-0.15, -0.1) is 0 Å². The fourth-order valence-corrected chi connectivity index (χ4v) is 1.37. The lowest BCUT2D eigenvalue weighted by molar-refractivity contribution is -0.120. The second-order valence-corrected chi connectivity index (χ2v) is 3.82. The minimum atomic E-state index is 0.0609. The number of hydrogen-bond donors (Lipinski definition) is 3. The predicted molar refractivity (Wildman–Crippen MR) is 67.1 cm³/mol. The molecule has 0 aliphatic rings. The van der Waals surface area contributed by atoms with Crippen molar-refractivity contribution in [3.8, 4) is 0 Å². The molecular formula is C11H21N5O2. The van der Waals surface area contributed by atoms with Crippen molar-refractivity contribution in [2.24, 2.45) is 0 Å². The van der Waals surface area contributed by atoms with E-state index in [2.05, 4.69) is 25.8 Å². The molecule has 0 aliphatic carbocycles. The lowest BCUT2D eigenvalue weighted by Gasteiger charge is -2.05. The van der Waals surface area contributed by atoms with Crippen LogP contribution in [0.1, 0.15) is 18.7 Å². The molecule has 0 unspecified atom stereocenters. The standard InChI is InChI=1S/C11H21N5O2/c1-12-11(17)3-6-13-5-2-7-18-8-4-10-14-9-15-16-10/h9,13H,2-8H2,1H3,(H,12,17)(H,14,15,16). The number of carbonyl (C=O) groups is 1. The number of aromatic nitrogens is 3. The molecule has 0 aromatic carbocycles. The lowest BCUT2D eigenvalue weighted by Crippen LogP contribution is -2.25. The van der Waals surface area contributed by atoms with Crippen LogP contribution in [0.3, 0.4) is 0 Å². The third-order valence-electron chi connectivity index (χ3n) is 2.40. The van der Waals surface area contributed by atoms with E-state index in [4.69, 9.17) is 4.74 Å². The van der Waals surface area contributed by atoms with Gasteiger partial charge in [-0.2, -0.15) is 5.10 Å². The van der Waals surface area contributed by atoms with Crippen molar-refractivity contribution in [3.63, 3.8) is 0 Å². The number of amides is 1. The number of H-pyrrole nitrogens is 1. The van der Waals surface area contributed by atoms with Gasteiger partial charge in [0.25, 0.3) is 0 Å². The Bertz CT molecular complexity index is 315. The number of carbonyl (C=O) groups excluding carboxylic acids is 1. The van der Waals surface area contributed by atoms with Gasteiger partial charge in [-0.05, 0) is 13.0 Å². The molecule has 1 rings (SSSR count). The summed E-state index contributed by atoms with van der Waals surface area (Å²) >= 11 is 0. The van der Waals surface area contributed by atoms with Crippen LogP contribution < -0.4 is 10.6 Å². The van der Waals surface area contributed by atoms with Crippen LogP contribution in [0.5, 0.6) is 0 Å². The van der Waals surface area contributed by atoms with E-state index in [-0.39, 0.29) is 5.91 Å². The maximum absolute atomic E-state index is 10.9. The third kappa shape index (κ3) is 6.97. The van der Waals surface area contributed by atoms with Gasteiger partial charge in [0.05, 0.1) is 6.61 Å². The fourth-order valence-electron chi connectivity index (χ4n) is 1.37. The van der Waals surface area contributed by atoms with E-state index in [0.29, 0.717) is 26.2 Å². The Morgan fingerprint density at radius 2 is 2.33 bits per heavy atom. The van der Waals surface area contributed by atoms with Gasteiger partial charge in [0.2, 0.25) is 5.91 Å². The number of hydrogen-bond acceptors (Lipinski definition) is 5. The van der Waals surface area contributed by atoms with Crippen LogP contribution >= 0.6 is 0 Å². The predicted octanol–water partition coefficient (Wildman–Crippen LogP) is -0.520. The molecule has 18 heavy (non-hydrogen) atoms. The molecule has 0 saturated carbocycles. The van der Waals surface area contributed by atoms with Crippen LogP contribution in [-0.4, -0.2) is 54.4 Å². The first kappa shape index (κ1) is 14.6. The van der Waals surface area contributed by atoms with Gasteiger partial charge in [-0.3, -0.25) is 9.89 Å². The van der Waals surface area contributed by atoms with Gasteiger partial charge in [0, 0.05) is 33.0 Å². The molecule has 102 valence electrons. The van der Waals surface area contributed by atoms with Crippen LogP contribution in [0.2, 0.25) is 0 Å². The van der Waals surface area contributed by atoms with E-state index in [1.807, 2.05) is 0 Å². The lowest BCUT2D eigenvalue weighted by atomic mass is 10.3. The molecule has 1 amide bonds. The Balaban J connectivity index is 1.80. The second-order valence-electron chi connectivity index (χ2n) is 3.82.